The fraction of sp³-hybridized carbons (Fsp3) is 0.714. The van der Waals surface area contributed by atoms with Crippen LogP contribution in [0.3, 0.4) is 0 Å². The maximum atomic E-state index is 5.82. The molecule has 5 heteroatoms. The molecule has 0 aromatic carbocycles. The molecule has 1 aromatic heterocycles. The monoisotopic (exact) mass is 266 g/mol. The van der Waals surface area contributed by atoms with E-state index in [1.807, 2.05) is 0 Å². The van der Waals surface area contributed by atoms with Gasteiger partial charge in [-0.25, -0.2) is 9.97 Å². The van der Waals surface area contributed by atoms with Crippen molar-refractivity contribution in [2.45, 2.75) is 45.4 Å². The van der Waals surface area contributed by atoms with Gasteiger partial charge in [0.1, 0.15) is 17.5 Å². The van der Waals surface area contributed by atoms with Crippen LogP contribution in [-0.2, 0) is 10.2 Å². The average Bonchev–Trinajstić information content (AvgIpc) is 2.32. The van der Waals surface area contributed by atoms with Crippen LogP contribution < -0.4 is 11.1 Å². The van der Waals surface area contributed by atoms with Gasteiger partial charge in [-0.15, -0.1) is 0 Å². The van der Waals surface area contributed by atoms with Crippen molar-refractivity contribution in [3.05, 3.63) is 11.9 Å². The summed E-state index contributed by atoms with van der Waals surface area (Å²) in [6.07, 6.45) is 3.34. The van der Waals surface area contributed by atoms with Gasteiger partial charge in [0.05, 0.1) is 0 Å². The van der Waals surface area contributed by atoms with Crippen LogP contribution in [0, 0.1) is 0 Å². The van der Waals surface area contributed by atoms with Crippen molar-refractivity contribution < 1.29 is 4.74 Å². The summed E-state index contributed by atoms with van der Waals surface area (Å²) in [5.41, 5.74) is 5.73. The lowest BCUT2D eigenvalue weighted by Crippen LogP contribution is -2.18. The molecule has 0 spiro atoms. The van der Waals surface area contributed by atoms with Crippen LogP contribution in [0.5, 0.6) is 0 Å². The van der Waals surface area contributed by atoms with Gasteiger partial charge in [-0.3, -0.25) is 0 Å². The SMILES string of the molecule is COCCCCCNc1cc(N)nc(C(C)(C)C)n1. The van der Waals surface area contributed by atoms with Crippen molar-refractivity contribution >= 4 is 11.6 Å². The van der Waals surface area contributed by atoms with E-state index in [2.05, 4.69) is 36.1 Å². The number of unbranched alkanes of at least 4 members (excludes halogenated alkanes) is 2. The molecule has 0 bridgehead atoms. The minimum absolute atomic E-state index is 0.0930. The van der Waals surface area contributed by atoms with Gasteiger partial charge in [-0.05, 0) is 19.3 Å². The smallest absolute Gasteiger partial charge is 0.138 e. The standard InChI is InChI=1S/C14H26N4O/c1-14(2,3)13-17-11(15)10-12(18-13)16-8-6-5-7-9-19-4/h10H,5-9H2,1-4H3,(H3,15,16,17,18). The van der Waals surface area contributed by atoms with Gasteiger partial charge < -0.3 is 15.8 Å². The van der Waals surface area contributed by atoms with E-state index < -0.39 is 0 Å². The van der Waals surface area contributed by atoms with Gasteiger partial charge >= 0.3 is 0 Å². The molecule has 0 aliphatic rings. The van der Waals surface area contributed by atoms with Crippen LogP contribution in [0.1, 0.15) is 45.9 Å². The van der Waals surface area contributed by atoms with E-state index in [0.717, 1.165) is 44.1 Å². The third-order valence-electron chi connectivity index (χ3n) is 2.75. The number of rotatable bonds is 7. The summed E-state index contributed by atoms with van der Waals surface area (Å²) in [6, 6.07) is 1.78. The summed E-state index contributed by atoms with van der Waals surface area (Å²) < 4.78 is 5.02. The zero-order valence-electron chi connectivity index (χ0n) is 12.5. The summed E-state index contributed by atoms with van der Waals surface area (Å²) in [5.74, 6) is 2.10. The highest BCUT2D eigenvalue weighted by Gasteiger charge is 2.18. The number of ether oxygens (including phenoxy) is 1. The molecule has 0 amide bonds. The topological polar surface area (TPSA) is 73.1 Å². The lowest BCUT2D eigenvalue weighted by molar-refractivity contribution is 0.192. The first-order chi connectivity index (χ1) is 8.93. The number of methoxy groups -OCH3 is 1. The van der Waals surface area contributed by atoms with Crippen molar-refractivity contribution in [1.82, 2.24) is 9.97 Å². The van der Waals surface area contributed by atoms with Gasteiger partial charge in [0, 0.05) is 31.7 Å². The molecule has 0 aliphatic carbocycles. The van der Waals surface area contributed by atoms with Crippen LogP contribution in [-0.4, -0.2) is 30.2 Å². The van der Waals surface area contributed by atoms with E-state index in [-0.39, 0.29) is 5.41 Å². The summed E-state index contributed by atoms with van der Waals surface area (Å²) in [6.45, 7) is 7.96. The van der Waals surface area contributed by atoms with Crippen molar-refractivity contribution in [2.75, 3.05) is 31.3 Å². The zero-order chi connectivity index (χ0) is 14.3. The largest absolute Gasteiger partial charge is 0.385 e. The predicted molar refractivity (Wildman–Crippen MR) is 79.4 cm³/mol. The number of nitrogens with one attached hydrogen (secondary N) is 1. The molecule has 5 nitrogen and oxygen atoms in total. The number of anilines is 2. The predicted octanol–water partition coefficient (Wildman–Crippen LogP) is 2.58. The van der Waals surface area contributed by atoms with E-state index >= 15 is 0 Å². The van der Waals surface area contributed by atoms with E-state index in [4.69, 9.17) is 10.5 Å². The second-order valence-electron chi connectivity index (χ2n) is 5.73. The normalized spacial score (nSPS) is 11.6. The molecule has 1 heterocycles. The Morgan fingerprint density at radius 2 is 1.95 bits per heavy atom. The maximum absolute atomic E-state index is 5.82. The molecule has 19 heavy (non-hydrogen) atoms. The Morgan fingerprint density at radius 3 is 2.58 bits per heavy atom. The zero-order valence-corrected chi connectivity index (χ0v) is 12.5. The minimum Gasteiger partial charge on any atom is -0.385 e. The highest BCUT2D eigenvalue weighted by molar-refractivity contribution is 5.45. The Morgan fingerprint density at radius 1 is 1.21 bits per heavy atom. The molecule has 0 aliphatic heterocycles. The maximum Gasteiger partial charge on any atom is 0.138 e. The molecule has 0 radical (unpaired) electrons. The third kappa shape index (κ3) is 5.87. The molecule has 0 fully saturated rings. The Balaban J connectivity index is 2.48. The van der Waals surface area contributed by atoms with Gasteiger partial charge in [-0.1, -0.05) is 20.8 Å². The fourth-order valence-corrected chi connectivity index (χ4v) is 1.66. The Kier molecular flexibility index (Phi) is 6.02. The number of nitrogen functional groups attached to an aromatic ring is 1. The molecule has 1 aromatic rings. The average molecular weight is 266 g/mol. The summed E-state index contributed by atoms with van der Waals surface area (Å²) in [5, 5.41) is 3.30. The second kappa shape index (κ2) is 7.28. The number of aromatic nitrogens is 2. The van der Waals surface area contributed by atoms with Crippen LogP contribution >= 0.6 is 0 Å². The van der Waals surface area contributed by atoms with Crippen molar-refractivity contribution in [3.8, 4) is 0 Å². The molecule has 108 valence electrons. The second-order valence-corrected chi connectivity index (χ2v) is 5.73. The highest BCUT2D eigenvalue weighted by atomic mass is 16.5. The quantitative estimate of drug-likeness (QED) is 0.742. The first-order valence-electron chi connectivity index (χ1n) is 6.81. The van der Waals surface area contributed by atoms with Crippen LogP contribution in [0.25, 0.3) is 0 Å². The summed E-state index contributed by atoms with van der Waals surface area (Å²) >= 11 is 0. The molecule has 0 saturated heterocycles. The third-order valence-corrected chi connectivity index (χ3v) is 2.75. The van der Waals surface area contributed by atoms with Gasteiger partial charge in [0.25, 0.3) is 0 Å². The highest BCUT2D eigenvalue weighted by Crippen LogP contribution is 2.21. The van der Waals surface area contributed by atoms with E-state index in [0.29, 0.717) is 5.82 Å². The van der Waals surface area contributed by atoms with E-state index in [1.54, 1.807) is 13.2 Å². The molecule has 0 unspecified atom stereocenters. The van der Waals surface area contributed by atoms with Crippen LogP contribution in [0.15, 0.2) is 6.07 Å². The van der Waals surface area contributed by atoms with Crippen molar-refractivity contribution in [2.24, 2.45) is 0 Å². The summed E-state index contributed by atoms with van der Waals surface area (Å²) in [4.78, 5) is 8.80. The summed E-state index contributed by atoms with van der Waals surface area (Å²) in [7, 11) is 1.73. The minimum atomic E-state index is -0.0930. The molecule has 1 rings (SSSR count). The van der Waals surface area contributed by atoms with Crippen molar-refractivity contribution in [1.29, 1.82) is 0 Å². The number of hydrogen-bond acceptors (Lipinski definition) is 5. The van der Waals surface area contributed by atoms with Crippen LogP contribution in [0.2, 0.25) is 0 Å². The Labute approximate surface area is 116 Å². The fourth-order valence-electron chi connectivity index (χ4n) is 1.66. The lowest BCUT2D eigenvalue weighted by atomic mass is 9.96. The first kappa shape index (κ1) is 15.7. The molecular formula is C14H26N4O. The number of hydrogen-bond donors (Lipinski definition) is 2. The van der Waals surface area contributed by atoms with Crippen LogP contribution in [0.4, 0.5) is 11.6 Å². The Hall–Kier alpha value is -1.36. The van der Waals surface area contributed by atoms with Gasteiger partial charge in [-0.2, -0.15) is 0 Å². The number of nitrogens with two attached hydrogens (primary N) is 1. The Bertz CT molecular complexity index is 388. The van der Waals surface area contributed by atoms with Gasteiger partial charge in [0.2, 0.25) is 0 Å². The number of nitrogens with zero attached hydrogens (tertiary/aromatic N) is 2. The molecule has 0 saturated carbocycles. The van der Waals surface area contributed by atoms with E-state index in [1.165, 1.54) is 0 Å². The molecule has 3 N–H and O–H groups in total. The molecular weight excluding hydrogens is 240 g/mol. The lowest BCUT2D eigenvalue weighted by Gasteiger charge is -2.18. The van der Waals surface area contributed by atoms with Crippen molar-refractivity contribution in [3.63, 3.8) is 0 Å². The van der Waals surface area contributed by atoms with Gasteiger partial charge in [0.15, 0.2) is 0 Å². The molecule has 0 atom stereocenters. The first-order valence-corrected chi connectivity index (χ1v) is 6.81. The van der Waals surface area contributed by atoms with E-state index in [9.17, 15) is 0 Å².